The molecular formula is C15H23NO2. The van der Waals surface area contributed by atoms with Crippen LogP contribution < -0.4 is 10.1 Å². The summed E-state index contributed by atoms with van der Waals surface area (Å²) in [6.45, 7) is 2.53. The van der Waals surface area contributed by atoms with Gasteiger partial charge in [0.25, 0.3) is 0 Å². The van der Waals surface area contributed by atoms with Crippen LogP contribution in [-0.4, -0.2) is 24.4 Å². The second-order valence-electron chi connectivity index (χ2n) is 5.30. The summed E-state index contributed by atoms with van der Waals surface area (Å²) >= 11 is 0. The molecule has 100 valence electrons. The van der Waals surface area contributed by atoms with Crippen LogP contribution in [0.2, 0.25) is 0 Å². The van der Waals surface area contributed by atoms with Gasteiger partial charge in [-0.25, -0.2) is 0 Å². The largest absolute Gasteiger partial charge is 0.491 e. The normalized spacial score (nSPS) is 19.7. The Kier molecular flexibility index (Phi) is 4.25. The number of nitrogens with one attached hydrogen (secondary N) is 1. The first-order chi connectivity index (χ1) is 8.63. The first-order valence-corrected chi connectivity index (χ1v) is 6.75. The van der Waals surface area contributed by atoms with Gasteiger partial charge in [0.15, 0.2) is 0 Å². The number of hydrogen-bond acceptors (Lipinski definition) is 3. The minimum Gasteiger partial charge on any atom is -0.491 e. The smallest absolute Gasteiger partial charge is 0.119 e. The molecule has 2 N–H and O–H groups in total. The molecule has 1 aromatic rings. The highest BCUT2D eigenvalue weighted by Crippen LogP contribution is 2.30. The Balaban J connectivity index is 1.90. The third-order valence-electron chi connectivity index (χ3n) is 3.85. The van der Waals surface area contributed by atoms with Crippen LogP contribution in [0, 0.1) is 0 Å². The molecule has 3 heteroatoms. The molecule has 1 fully saturated rings. The first-order valence-electron chi connectivity index (χ1n) is 6.75. The van der Waals surface area contributed by atoms with Crippen LogP contribution in [0.3, 0.4) is 0 Å². The zero-order chi connectivity index (χ0) is 13.0. The van der Waals surface area contributed by atoms with Crippen molar-refractivity contribution >= 4 is 0 Å². The summed E-state index contributed by atoms with van der Waals surface area (Å²) in [6, 6.07) is 8.42. The second-order valence-corrected chi connectivity index (χ2v) is 5.30. The molecule has 1 aliphatic carbocycles. The van der Waals surface area contributed by atoms with Crippen LogP contribution in [0.25, 0.3) is 0 Å². The average molecular weight is 249 g/mol. The van der Waals surface area contributed by atoms with Crippen molar-refractivity contribution in [1.82, 2.24) is 5.32 Å². The fraction of sp³-hybridized carbons (Fsp3) is 0.600. The van der Waals surface area contributed by atoms with E-state index in [1.54, 1.807) is 0 Å². The Morgan fingerprint density at radius 1 is 1.28 bits per heavy atom. The predicted octanol–water partition coefficient (Wildman–Crippen LogP) is 2.65. The molecule has 1 atom stereocenters. The van der Waals surface area contributed by atoms with Gasteiger partial charge in [0.05, 0.1) is 5.60 Å². The average Bonchev–Trinajstić information content (AvgIpc) is 2.83. The standard InChI is InChI=1S/C15H23NO2/c1-12(16-2)13-5-7-14(8-6-13)18-11-15(17)9-3-4-10-15/h5-8,12,16-17H,3-4,9-11H2,1-2H3. The van der Waals surface area contributed by atoms with E-state index in [-0.39, 0.29) is 0 Å². The summed E-state index contributed by atoms with van der Waals surface area (Å²) in [5.41, 5.74) is 0.640. The summed E-state index contributed by atoms with van der Waals surface area (Å²) in [5.74, 6) is 0.836. The molecule has 3 nitrogen and oxygen atoms in total. The quantitative estimate of drug-likeness (QED) is 0.843. The molecule has 0 amide bonds. The van der Waals surface area contributed by atoms with Crippen molar-refractivity contribution in [3.8, 4) is 5.75 Å². The SMILES string of the molecule is CNC(C)c1ccc(OCC2(O)CCCC2)cc1. The van der Waals surface area contributed by atoms with Crippen molar-refractivity contribution < 1.29 is 9.84 Å². The van der Waals surface area contributed by atoms with Crippen molar-refractivity contribution in [2.45, 2.75) is 44.2 Å². The zero-order valence-electron chi connectivity index (χ0n) is 11.3. The van der Waals surface area contributed by atoms with E-state index in [0.717, 1.165) is 31.4 Å². The molecule has 1 aliphatic rings. The lowest BCUT2D eigenvalue weighted by Gasteiger charge is -2.22. The molecule has 1 saturated carbocycles. The van der Waals surface area contributed by atoms with E-state index in [1.807, 2.05) is 19.2 Å². The van der Waals surface area contributed by atoms with Gasteiger partial charge in [-0.3, -0.25) is 0 Å². The summed E-state index contributed by atoms with van der Waals surface area (Å²) < 4.78 is 5.69. The highest BCUT2D eigenvalue weighted by atomic mass is 16.5. The van der Waals surface area contributed by atoms with Gasteiger partial charge >= 0.3 is 0 Å². The molecule has 0 heterocycles. The highest BCUT2D eigenvalue weighted by molar-refractivity contribution is 5.29. The highest BCUT2D eigenvalue weighted by Gasteiger charge is 2.31. The molecular weight excluding hydrogens is 226 g/mol. The van der Waals surface area contributed by atoms with Crippen molar-refractivity contribution in [2.75, 3.05) is 13.7 Å². The Hall–Kier alpha value is -1.06. The summed E-state index contributed by atoms with van der Waals surface area (Å²) in [7, 11) is 1.95. The molecule has 1 unspecified atom stereocenters. The number of ether oxygens (including phenoxy) is 1. The van der Waals surface area contributed by atoms with Crippen molar-refractivity contribution in [3.05, 3.63) is 29.8 Å². The first kappa shape index (κ1) is 13.4. The van der Waals surface area contributed by atoms with Gasteiger partial charge in [-0.05, 0) is 44.5 Å². The Morgan fingerprint density at radius 2 is 1.89 bits per heavy atom. The van der Waals surface area contributed by atoms with Crippen molar-refractivity contribution in [1.29, 1.82) is 0 Å². The van der Waals surface area contributed by atoms with E-state index in [1.165, 1.54) is 5.56 Å². The number of hydrogen-bond donors (Lipinski definition) is 2. The second kappa shape index (κ2) is 5.72. The molecule has 0 bridgehead atoms. The number of aliphatic hydroxyl groups is 1. The molecule has 0 radical (unpaired) electrons. The van der Waals surface area contributed by atoms with Crippen molar-refractivity contribution in [2.24, 2.45) is 0 Å². The van der Waals surface area contributed by atoms with Crippen molar-refractivity contribution in [3.63, 3.8) is 0 Å². The van der Waals surface area contributed by atoms with Gasteiger partial charge < -0.3 is 15.2 Å². The molecule has 0 spiro atoms. The molecule has 0 aromatic heterocycles. The van der Waals surface area contributed by atoms with Crippen LogP contribution in [0.1, 0.15) is 44.2 Å². The lowest BCUT2D eigenvalue weighted by molar-refractivity contribution is 0.00140. The van der Waals surface area contributed by atoms with Crippen LogP contribution in [0.5, 0.6) is 5.75 Å². The Labute approximate surface area is 109 Å². The maximum atomic E-state index is 10.2. The number of rotatable bonds is 5. The van der Waals surface area contributed by atoms with Gasteiger partial charge in [-0.15, -0.1) is 0 Å². The van der Waals surface area contributed by atoms with E-state index in [4.69, 9.17) is 4.74 Å². The van der Waals surface area contributed by atoms with Crippen LogP contribution in [-0.2, 0) is 0 Å². The van der Waals surface area contributed by atoms with E-state index in [9.17, 15) is 5.11 Å². The number of benzene rings is 1. The van der Waals surface area contributed by atoms with E-state index >= 15 is 0 Å². The van der Waals surface area contributed by atoms with Crippen LogP contribution >= 0.6 is 0 Å². The summed E-state index contributed by atoms with van der Waals surface area (Å²) in [5, 5.41) is 13.4. The summed E-state index contributed by atoms with van der Waals surface area (Å²) in [6.07, 6.45) is 3.95. The third-order valence-corrected chi connectivity index (χ3v) is 3.85. The molecule has 1 aromatic carbocycles. The maximum Gasteiger partial charge on any atom is 0.119 e. The Bertz CT molecular complexity index is 369. The van der Waals surface area contributed by atoms with Gasteiger partial charge in [0.2, 0.25) is 0 Å². The topological polar surface area (TPSA) is 41.5 Å². The van der Waals surface area contributed by atoms with Gasteiger partial charge in [-0.1, -0.05) is 25.0 Å². The minimum atomic E-state index is -0.600. The lowest BCUT2D eigenvalue weighted by atomic mass is 10.0. The van der Waals surface area contributed by atoms with Gasteiger partial charge in [0, 0.05) is 6.04 Å². The van der Waals surface area contributed by atoms with E-state index in [0.29, 0.717) is 12.6 Å². The minimum absolute atomic E-state index is 0.345. The van der Waals surface area contributed by atoms with Crippen LogP contribution in [0.4, 0.5) is 0 Å². The van der Waals surface area contributed by atoms with E-state index < -0.39 is 5.60 Å². The third kappa shape index (κ3) is 3.24. The fourth-order valence-corrected chi connectivity index (χ4v) is 2.41. The van der Waals surface area contributed by atoms with E-state index in [2.05, 4.69) is 24.4 Å². The molecule has 0 saturated heterocycles. The lowest BCUT2D eigenvalue weighted by Crippen LogP contribution is -2.32. The molecule has 0 aliphatic heterocycles. The van der Waals surface area contributed by atoms with Gasteiger partial charge in [0.1, 0.15) is 12.4 Å². The predicted molar refractivity (Wildman–Crippen MR) is 72.8 cm³/mol. The summed E-state index contributed by atoms with van der Waals surface area (Å²) in [4.78, 5) is 0. The molecule has 2 rings (SSSR count). The fourth-order valence-electron chi connectivity index (χ4n) is 2.41. The monoisotopic (exact) mass is 249 g/mol. The Morgan fingerprint density at radius 3 is 2.44 bits per heavy atom. The maximum absolute atomic E-state index is 10.2. The van der Waals surface area contributed by atoms with Gasteiger partial charge in [-0.2, -0.15) is 0 Å². The molecule has 18 heavy (non-hydrogen) atoms. The zero-order valence-corrected chi connectivity index (χ0v) is 11.3. The van der Waals surface area contributed by atoms with Crippen LogP contribution in [0.15, 0.2) is 24.3 Å².